The van der Waals surface area contributed by atoms with Gasteiger partial charge in [-0.1, -0.05) is 0 Å². The number of nitrogens with one attached hydrogen (secondary N) is 3. The van der Waals surface area contributed by atoms with Gasteiger partial charge in [0.1, 0.15) is 9.52 Å². The Morgan fingerprint density at radius 3 is 3.11 bits per heavy atom. The van der Waals surface area contributed by atoms with Gasteiger partial charge >= 0.3 is 0 Å². The third kappa shape index (κ3) is 2.13. The summed E-state index contributed by atoms with van der Waals surface area (Å²) >= 11 is 2.23. The van der Waals surface area contributed by atoms with Crippen molar-refractivity contribution in [1.29, 1.82) is 0 Å². The Labute approximate surface area is 117 Å². The second-order valence-corrected chi connectivity index (χ2v) is 4.94. The molecule has 6 nitrogen and oxygen atoms in total. The molecule has 0 spiro atoms. The van der Waals surface area contributed by atoms with Crippen molar-refractivity contribution in [3.05, 3.63) is 33.8 Å². The molecule has 0 bridgehead atoms. The first-order chi connectivity index (χ1) is 8.72. The van der Waals surface area contributed by atoms with Crippen molar-refractivity contribution in [1.82, 2.24) is 15.5 Å². The SMILES string of the molecule is NC1=NCC=C(Nc2ccc3n[nH]c(I)c3c2)N1. The highest BCUT2D eigenvalue weighted by Gasteiger charge is 2.07. The van der Waals surface area contributed by atoms with Crippen LogP contribution in [0, 0.1) is 3.70 Å². The molecule has 0 atom stereocenters. The predicted molar refractivity (Wildman–Crippen MR) is 80.1 cm³/mol. The summed E-state index contributed by atoms with van der Waals surface area (Å²) in [7, 11) is 0. The van der Waals surface area contributed by atoms with Crippen LogP contribution >= 0.6 is 22.6 Å². The van der Waals surface area contributed by atoms with Gasteiger partial charge in [0.05, 0.1) is 12.1 Å². The molecule has 3 rings (SSSR count). The molecule has 0 amide bonds. The average molecular weight is 354 g/mol. The Morgan fingerprint density at radius 1 is 1.39 bits per heavy atom. The standard InChI is InChI=1S/C11H11IN6/c12-10-7-5-6(1-2-8(7)17-18-10)15-9-3-4-14-11(13)16-9/h1-3,5,15H,4H2,(H,17,18)(H3,13,14,16). The molecule has 0 saturated carbocycles. The van der Waals surface area contributed by atoms with Gasteiger partial charge in [0.25, 0.3) is 0 Å². The van der Waals surface area contributed by atoms with E-state index in [1.165, 1.54) is 0 Å². The molecule has 2 heterocycles. The van der Waals surface area contributed by atoms with Gasteiger partial charge in [0, 0.05) is 11.1 Å². The normalized spacial score (nSPS) is 14.9. The van der Waals surface area contributed by atoms with Crippen molar-refractivity contribution in [3.8, 4) is 0 Å². The molecule has 2 aromatic rings. The number of guanidine groups is 1. The van der Waals surface area contributed by atoms with Gasteiger partial charge in [0.2, 0.25) is 0 Å². The maximum absolute atomic E-state index is 5.62. The molecule has 0 aliphatic carbocycles. The summed E-state index contributed by atoms with van der Waals surface area (Å²) < 4.78 is 1.03. The fraction of sp³-hybridized carbons (Fsp3) is 0.0909. The highest BCUT2D eigenvalue weighted by atomic mass is 127. The number of fused-ring (bicyclic) bond motifs is 1. The lowest BCUT2D eigenvalue weighted by atomic mass is 10.2. The van der Waals surface area contributed by atoms with Crippen molar-refractivity contribution in [2.75, 3.05) is 11.9 Å². The van der Waals surface area contributed by atoms with Crippen LogP contribution < -0.4 is 16.4 Å². The number of halogens is 1. The van der Waals surface area contributed by atoms with Gasteiger partial charge in [-0.25, -0.2) is 4.99 Å². The number of aliphatic imine (C=N–C) groups is 1. The molecule has 1 aliphatic heterocycles. The zero-order chi connectivity index (χ0) is 12.5. The van der Waals surface area contributed by atoms with Crippen LogP contribution in [0.5, 0.6) is 0 Å². The number of aromatic amines is 1. The van der Waals surface area contributed by atoms with Gasteiger partial charge in [-0.2, -0.15) is 5.10 Å². The van der Waals surface area contributed by atoms with E-state index in [4.69, 9.17) is 5.73 Å². The van der Waals surface area contributed by atoms with E-state index in [2.05, 4.69) is 48.4 Å². The minimum atomic E-state index is 0.430. The summed E-state index contributed by atoms with van der Waals surface area (Å²) in [5, 5.41) is 14.5. The molecule has 7 heteroatoms. The van der Waals surface area contributed by atoms with E-state index in [1.807, 2.05) is 24.3 Å². The van der Waals surface area contributed by atoms with Crippen molar-refractivity contribution in [2.24, 2.45) is 10.7 Å². The van der Waals surface area contributed by atoms with Crippen LogP contribution in [-0.2, 0) is 0 Å². The quantitative estimate of drug-likeness (QED) is 0.613. The van der Waals surface area contributed by atoms with Crippen molar-refractivity contribution < 1.29 is 0 Å². The van der Waals surface area contributed by atoms with Crippen LogP contribution in [-0.4, -0.2) is 22.7 Å². The third-order valence-electron chi connectivity index (χ3n) is 2.61. The molecule has 0 unspecified atom stereocenters. The highest BCUT2D eigenvalue weighted by Crippen LogP contribution is 2.22. The number of aromatic nitrogens is 2. The first-order valence-electron chi connectivity index (χ1n) is 5.40. The monoisotopic (exact) mass is 354 g/mol. The van der Waals surface area contributed by atoms with Crippen LogP contribution in [0.15, 0.2) is 35.1 Å². The molecule has 0 radical (unpaired) electrons. The van der Waals surface area contributed by atoms with Gasteiger partial charge < -0.3 is 16.4 Å². The molecule has 92 valence electrons. The Hall–Kier alpha value is -1.77. The predicted octanol–water partition coefficient (Wildman–Crippen LogP) is 1.34. The van der Waals surface area contributed by atoms with Crippen LogP contribution in [0.25, 0.3) is 10.9 Å². The first-order valence-corrected chi connectivity index (χ1v) is 6.48. The number of nitrogens with two attached hydrogens (primary N) is 1. The Morgan fingerprint density at radius 2 is 2.28 bits per heavy atom. The number of hydrogen-bond acceptors (Lipinski definition) is 5. The minimum absolute atomic E-state index is 0.430. The number of anilines is 1. The number of hydrogen-bond donors (Lipinski definition) is 4. The topological polar surface area (TPSA) is 91.1 Å². The van der Waals surface area contributed by atoms with Gasteiger partial charge in [-0.05, 0) is 46.9 Å². The van der Waals surface area contributed by atoms with Crippen molar-refractivity contribution >= 4 is 45.1 Å². The number of rotatable bonds is 2. The average Bonchev–Trinajstić information content (AvgIpc) is 2.71. The lowest BCUT2D eigenvalue weighted by Gasteiger charge is -2.16. The van der Waals surface area contributed by atoms with E-state index in [1.54, 1.807) is 0 Å². The maximum Gasteiger partial charge on any atom is 0.194 e. The summed E-state index contributed by atoms with van der Waals surface area (Å²) in [6.07, 6.45) is 1.95. The van der Waals surface area contributed by atoms with Gasteiger partial charge in [-0.3, -0.25) is 5.10 Å². The second kappa shape index (κ2) is 4.48. The second-order valence-electron chi connectivity index (χ2n) is 3.86. The molecule has 18 heavy (non-hydrogen) atoms. The van der Waals surface area contributed by atoms with Crippen LogP contribution in [0.1, 0.15) is 0 Å². The summed E-state index contributed by atoms with van der Waals surface area (Å²) in [6.45, 7) is 0.590. The molecule has 1 aliphatic rings. The molecule has 0 saturated heterocycles. The van der Waals surface area contributed by atoms with Crippen molar-refractivity contribution in [2.45, 2.75) is 0 Å². The van der Waals surface area contributed by atoms with E-state index in [0.717, 1.165) is 26.1 Å². The summed E-state index contributed by atoms with van der Waals surface area (Å²) in [4.78, 5) is 4.03. The molecular formula is C11H11IN6. The Kier molecular flexibility index (Phi) is 2.82. The highest BCUT2D eigenvalue weighted by molar-refractivity contribution is 14.1. The summed E-state index contributed by atoms with van der Waals surface area (Å²) in [5.74, 6) is 1.28. The zero-order valence-corrected chi connectivity index (χ0v) is 11.5. The smallest absolute Gasteiger partial charge is 0.194 e. The molecular weight excluding hydrogens is 343 g/mol. The largest absolute Gasteiger partial charge is 0.370 e. The lowest BCUT2D eigenvalue weighted by molar-refractivity contribution is 1.00. The molecule has 0 fully saturated rings. The number of nitrogens with zero attached hydrogens (tertiary/aromatic N) is 2. The summed E-state index contributed by atoms with van der Waals surface area (Å²) in [5.41, 5.74) is 7.56. The van der Waals surface area contributed by atoms with Crippen LogP contribution in [0.4, 0.5) is 5.69 Å². The van der Waals surface area contributed by atoms with E-state index in [-0.39, 0.29) is 0 Å². The molecule has 5 N–H and O–H groups in total. The Balaban J connectivity index is 1.86. The molecule has 1 aromatic heterocycles. The maximum atomic E-state index is 5.62. The van der Waals surface area contributed by atoms with Gasteiger partial charge in [-0.15, -0.1) is 0 Å². The number of benzene rings is 1. The first kappa shape index (κ1) is 11.3. The Bertz CT molecular complexity index is 657. The fourth-order valence-corrected chi connectivity index (χ4v) is 2.31. The fourth-order valence-electron chi connectivity index (χ4n) is 1.76. The molecule has 1 aromatic carbocycles. The zero-order valence-electron chi connectivity index (χ0n) is 9.37. The van der Waals surface area contributed by atoms with E-state index >= 15 is 0 Å². The van der Waals surface area contributed by atoms with E-state index in [9.17, 15) is 0 Å². The third-order valence-corrected chi connectivity index (χ3v) is 3.43. The van der Waals surface area contributed by atoms with Crippen LogP contribution in [0.3, 0.4) is 0 Å². The minimum Gasteiger partial charge on any atom is -0.370 e. The van der Waals surface area contributed by atoms with E-state index < -0.39 is 0 Å². The number of H-pyrrole nitrogens is 1. The lowest BCUT2D eigenvalue weighted by Crippen LogP contribution is -2.36. The van der Waals surface area contributed by atoms with Crippen molar-refractivity contribution in [3.63, 3.8) is 0 Å². The van der Waals surface area contributed by atoms with E-state index in [0.29, 0.717) is 12.5 Å². The van der Waals surface area contributed by atoms with Crippen LogP contribution in [0.2, 0.25) is 0 Å². The van der Waals surface area contributed by atoms with Gasteiger partial charge in [0.15, 0.2) is 5.96 Å². The summed E-state index contributed by atoms with van der Waals surface area (Å²) in [6, 6.07) is 5.99.